The van der Waals surface area contributed by atoms with Crippen molar-refractivity contribution in [1.82, 2.24) is 4.90 Å². The number of rotatable bonds is 4. The van der Waals surface area contributed by atoms with Crippen molar-refractivity contribution >= 4 is 11.7 Å². The van der Waals surface area contributed by atoms with E-state index in [2.05, 4.69) is 0 Å². The maximum Gasteiger partial charge on any atom is 0.223 e. The zero-order valence-corrected chi connectivity index (χ0v) is 11.5. The van der Waals surface area contributed by atoms with E-state index in [1.807, 2.05) is 4.90 Å². The summed E-state index contributed by atoms with van der Waals surface area (Å²) >= 11 is 0. The van der Waals surface area contributed by atoms with Gasteiger partial charge in [0.1, 0.15) is 5.78 Å². The van der Waals surface area contributed by atoms with Crippen LogP contribution in [0.25, 0.3) is 0 Å². The second kappa shape index (κ2) is 6.35. The second-order valence-electron chi connectivity index (χ2n) is 6.00. The van der Waals surface area contributed by atoms with Crippen molar-refractivity contribution < 1.29 is 9.59 Å². The Bertz CT molecular complexity index is 308. The van der Waals surface area contributed by atoms with Crippen molar-refractivity contribution in [2.75, 3.05) is 6.54 Å². The van der Waals surface area contributed by atoms with Crippen LogP contribution in [0.4, 0.5) is 0 Å². The molecule has 2 aliphatic rings. The Morgan fingerprint density at radius 2 is 1.72 bits per heavy atom. The van der Waals surface area contributed by atoms with E-state index in [0.29, 0.717) is 24.7 Å². The van der Waals surface area contributed by atoms with Crippen molar-refractivity contribution in [2.24, 2.45) is 5.92 Å². The Kier molecular flexibility index (Phi) is 4.79. The van der Waals surface area contributed by atoms with Crippen LogP contribution in [0.3, 0.4) is 0 Å². The fourth-order valence-electron chi connectivity index (χ4n) is 3.46. The first-order valence-corrected chi connectivity index (χ1v) is 7.45. The van der Waals surface area contributed by atoms with E-state index in [1.54, 1.807) is 6.92 Å². The molecule has 1 aliphatic carbocycles. The van der Waals surface area contributed by atoms with Gasteiger partial charge in [-0.05, 0) is 38.5 Å². The summed E-state index contributed by atoms with van der Waals surface area (Å²) in [5, 5.41) is 0. The molecule has 0 radical (unpaired) electrons. The van der Waals surface area contributed by atoms with Crippen LogP contribution in [0.2, 0.25) is 0 Å². The van der Waals surface area contributed by atoms with Gasteiger partial charge >= 0.3 is 0 Å². The molecular weight excluding hydrogens is 226 g/mol. The average molecular weight is 251 g/mol. The average Bonchev–Trinajstić information content (AvgIpc) is 2.77. The van der Waals surface area contributed by atoms with Gasteiger partial charge < -0.3 is 4.90 Å². The predicted molar refractivity (Wildman–Crippen MR) is 71.2 cm³/mol. The maximum atomic E-state index is 12.3. The van der Waals surface area contributed by atoms with Gasteiger partial charge in [-0.1, -0.05) is 19.3 Å². The highest BCUT2D eigenvalue weighted by Crippen LogP contribution is 2.29. The molecule has 0 aromatic heterocycles. The summed E-state index contributed by atoms with van der Waals surface area (Å²) in [4.78, 5) is 25.5. The van der Waals surface area contributed by atoms with Gasteiger partial charge in [0.05, 0.1) is 0 Å². The molecule has 1 aliphatic heterocycles. The molecule has 1 unspecified atom stereocenters. The van der Waals surface area contributed by atoms with Crippen LogP contribution in [0.15, 0.2) is 0 Å². The van der Waals surface area contributed by atoms with Crippen molar-refractivity contribution in [3.8, 4) is 0 Å². The van der Waals surface area contributed by atoms with Crippen LogP contribution >= 0.6 is 0 Å². The number of nitrogens with zero attached hydrogens (tertiary/aromatic N) is 1. The smallest absolute Gasteiger partial charge is 0.223 e. The quantitative estimate of drug-likeness (QED) is 0.770. The van der Waals surface area contributed by atoms with Crippen molar-refractivity contribution in [1.29, 1.82) is 0 Å². The molecule has 2 fully saturated rings. The minimum absolute atomic E-state index is 0.193. The molecule has 0 N–H and O–H groups in total. The SMILES string of the molecule is CC(=O)CC1CCCN1C(=O)CC1CCCCC1. The van der Waals surface area contributed by atoms with E-state index in [9.17, 15) is 9.59 Å². The minimum atomic E-state index is 0.193. The van der Waals surface area contributed by atoms with Crippen LogP contribution in [0.5, 0.6) is 0 Å². The number of amides is 1. The van der Waals surface area contributed by atoms with Gasteiger partial charge in [-0.25, -0.2) is 0 Å². The Morgan fingerprint density at radius 3 is 2.39 bits per heavy atom. The molecule has 1 atom stereocenters. The molecular formula is C15H25NO2. The molecule has 18 heavy (non-hydrogen) atoms. The van der Waals surface area contributed by atoms with Gasteiger partial charge in [0.25, 0.3) is 0 Å². The van der Waals surface area contributed by atoms with Gasteiger partial charge in [-0.15, -0.1) is 0 Å². The first-order chi connectivity index (χ1) is 8.66. The summed E-state index contributed by atoms with van der Waals surface area (Å²) in [5.74, 6) is 1.10. The molecule has 1 heterocycles. The lowest BCUT2D eigenvalue weighted by Gasteiger charge is -2.27. The number of carbonyl (C=O) groups is 2. The minimum Gasteiger partial charge on any atom is -0.339 e. The van der Waals surface area contributed by atoms with Crippen LogP contribution in [0, 0.1) is 5.92 Å². The lowest BCUT2D eigenvalue weighted by Crippen LogP contribution is -2.37. The van der Waals surface area contributed by atoms with Gasteiger partial charge in [-0.3, -0.25) is 9.59 Å². The van der Waals surface area contributed by atoms with Crippen molar-refractivity contribution in [2.45, 2.75) is 70.8 Å². The summed E-state index contributed by atoms with van der Waals surface area (Å²) in [6.07, 6.45) is 9.69. The van der Waals surface area contributed by atoms with Gasteiger partial charge in [-0.2, -0.15) is 0 Å². The zero-order chi connectivity index (χ0) is 13.0. The predicted octanol–water partition coefficient (Wildman–Crippen LogP) is 2.93. The third-order valence-electron chi connectivity index (χ3n) is 4.41. The highest BCUT2D eigenvalue weighted by atomic mass is 16.2. The number of hydrogen-bond acceptors (Lipinski definition) is 2. The van der Waals surface area contributed by atoms with E-state index in [4.69, 9.17) is 0 Å². The molecule has 3 nitrogen and oxygen atoms in total. The molecule has 3 heteroatoms. The highest BCUT2D eigenvalue weighted by molar-refractivity contribution is 5.80. The van der Waals surface area contributed by atoms with Crippen molar-refractivity contribution in [3.05, 3.63) is 0 Å². The molecule has 2 rings (SSSR count). The second-order valence-corrected chi connectivity index (χ2v) is 6.00. The summed E-state index contributed by atoms with van der Waals surface area (Å²) in [6, 6.07) is 0.193. The molecule has 1 saturated carbocycles. The number of likely N-dealkylation sites (tertiary alicyclic amines) is 1. The fourth-order valence-corrected chi connectivity index (χ4v) is 3.46. The normalized spacial score (nSPS) is 25.4. The molecule has 102 valence electrons. The van der Waals surface area contributed by atoms with Crippen LogP contribution < -0.4 is 0 Å². The molecule has 0 aromatic carbocycles. The molecule has 1 saturated heterocycles. The number of hydrogen-bond donors (Lipinski definition) is 0. The van der Waals surface area contributed by atoms with E-state index < -0.39 is 0 Å². The van der Waals surface area contributed by atoms with Crippen LogP contribution in [-0.2, 0) is 9.59 Å². The highest BCUT2D eigenvalue weighted by Gasteiger charge is 2.30. The lowest BCUT2D eigenvalue weighted by atomic mass is 9.86. The van der Waals surface area contributed by atoms with E-state index in [-0.39, 0.29) is 11.8 Å². The van der Waals surface area contributed by atoms with Gasteiger partial charge in [0.2, 0.25) is 5.91 Å². The zero-order valence-electron chi connectivity index (χ0n) is 11.5. The van der Waals surface area contributed by atoms with E-state index in [1.165, 1.54) is 32.1 Å². The third-order valence-corrected chi connectivity index (χ3v) is 4.41. The Balaban J connectivity index is 1.84. The molecule has 1 amide bonds. The Labute approximate surface area is 110 Å². The maximum absolute atomic E-state index is 12.3. The monoisotopic (exact) mass is 251 g/mol. The number of carbonyl (C=O) groups excluding carboxylic acids is 2. The number of Topliss-reactive ketones (excluding diaryl/α,β-unsaturated/α-hetero) is 1. The summed E-state index contributed by atoms with van der Waals surface area (Å²) in [6.45, 7) is 2.49. The van der Waals surface area contributed by atoms with E-state index >= 15 is 0 Å². The fraction of sp³-hybridized carbons (Fsp3) is 0.867. The molecule has 0 aromatic rings. The van der Waals surface area contributed by atoms with Gasteiger partial charge in [0, 0.05) is 25.4 Å². The Hall–Kier alpha value is -0.860. The summed E-state index contributed by atoms with van der Waals surface area (Å²) < 4.78 is 0. The van der Waals surface area contributed by atoms with Crippen LogP contribution in [-0.4, -0.2) is 29.2 Å². The first-order valence-electron chi connectivity index (χ1n) is 7.45. The molecule has 0 bridgehead atoms. The number of ketones is 1. The topological polar surface area (TPSA) is 37.4 Å². The van der Waals surface area contributed by atoms with E-state index in [0.717, 1.165) is 19.4 Å². The third kappa shape index (κ3) is 3.56. The lowest BCUT2D eigenvalue weighted by molar-refractivity contribution is -0.133. The van der Waals surface area contributed by atoms with Gasteiger partial charge in [0.15, 0.2) is 0 Å². The Morgan fingerprint density at radius 1 is 1.00 bits per heavy atom. The van der Waals surface area contributed by atoms with Crippen LogP contribution in [0.1, 0.15) is 64.7 Å². The standard InChI is InChI=1S/C15H25NO2/c1-12(17)10-14-8-5-9-16(14)15(18)11-13-6-3-2-4-7-13/h13-14H,2-11H2,1H3. The van der Waals surface area contributed by atoms with Crippen molar-refractivity contribution in [3.63, 3.8) is 0 Å². The summed E-state index contributed by atoms with van der Waals surface area (Å²) in [7, 11) is 0. The largest absolute Gasteiger partial charge is 0.339 e. The molecule has 0 spiro atoms. The first kappa shape index (κ1) is 13.6. The summed E-state index contributed by atoms with van der Waals surface area (Å²) in [5.41, 5.74) is 0.